The van der Waals surface area contributed by atoms with Gasteiger partial charge in [0.2, 0.25) is 0 Å². The number of fused-ring (bicyclic) bond motifs is 1. The predicted octanol–water partition coefficient (Wildman–Crippen LogP) is 1.06. The molecule has 2 aromatic rings. The monoisotopic (exact) mass is 274 g/mol. The van der Waals surface area contributed by atoms with Crippen LogP contribution in [-0.4, -0.2) is 53.7 Å². The molecule has 1 fully saturated rings. The van der Waals surface area contributed by atoms with Crippen molar-refractivity contribution in [2.24, 2.45) is 0 Å². The van der Waals surface area contributed by atoms with E-state index in [4.69, 9.17) is 4.74 Å². The van der Waals surface area contributed by atoms with Gasteiger partial charge >= 0.3 is 0 Å². The van der Waals surface area contributed by atoms with Gasteiger partial charge in [-0.1, -0.05) is 6.07 Å². The number of imidazole rings is 1. The van der Waals surface area contributed by atoms with Crippen LogP contribution in [0.25, 0.3) is 5.65 Å². The summed E-state index contributed by atoms with van der Waals surface area (Å²) in [6.07, 6.45) is 2.35. The second kappa shape index (κ2) is 5.91. The van der Waals surface area contributed by atoms with Gasteiger partial charge in [-0.05, 0) is 26.1 Å². The van der Waals surface area contributed by atoms with E-state index in [0.29, 0.717) is 0 Å². The van der Waals surface area contributed by atoms with Gasteiger partial charge in [0.1, 0.15) is 5.65 Å². The summed E-state index contributed by atoms with van der Waals surface area (Å²) >= 11 is 0. The summed E-state index contributed by atoms with van der Waals surface area (Å²) in [5.74, 6) is 0. The molecule has 108 valence electrons. The van der Waals surface area contributed by atoms with Crippen molar-refractivity contribution in [2.75, 3.05) is 33.3 Å². The quantitative estimate of drug-likeness (QED) is 0.905. The number of aromatic nitrogens is 2. The molecule has 2 aromatic heterocycles. The van der Waals surface area contributed by atoms with Crippen LogP contribution >= 0.6 is 0 Å². The zero-order valence-corrected chi connectivity index (χ0v) is 12.2. The number of nitrogens with zero attached hydrogens (tertiary/aromatic N) is 3. The Kier molecular flexibility index (Phi) is 4.00. The number of rotatable bonds is 4. The number of nitrogens with one attached hydrogen (secondary N) is 1. The van der Waals surface area contributed by atoms with Crippen molar-refractivity contribution >= 4 is 5.65 Å². The molecule has 3 rings (SSSR count). The van der Waals surface area contributed by atoms with E-state index in [-0.39, 0.29) is 6.10 Å². The predicted molar refractivity (Wildman–Crippen MR) is 78.9 cm³/mol. The van der Waals surface area contributed by atoms with Crippen LogP contribution in [0.1, 0.15) is 11.4 Å². The normalized spacial score (nSPS) is 20.6. The summed E-state index contributed by atoms with van der Waals surface area (Å²) in [5.41, 5.74) is 3.32. The fraction of sp³-hybridized carbons (Fsp3) is 0.533. The van der Waals surface area contributed by atoms with E-state index in [2.05, 4.69) is 39.8 Å². The minimum Gasteiger partial charge on any atom is -0.374 e. The van der Waals surface area contributed by atoms with Gasteiger partial charge in [0.15, 0.2) is 0 Å². The second-order valence-electron chi connectivity index (χ2n) is 5.46. The first kappa shape index (κ1) is 13.5. The van der Waals surface area contributed by atoms with Crippen LogP contribution in [0.5, 0.6) is 0 Å². The number of hydrogen-bond acceptors (Lipinski definition) is 4. The van der Waals surface area contributed by atoms with Crippen molar-refractivity contribution in [3.05, 3.63) is 35.8 Å². The van der Waals surface area contributed by atoms with E-state index < -0.39 is 0 Å². The van der Waals surface area contributed by atoms with Gasteiger partial charge in [0.05, 0.1) is 24.1 Å². The zero-order valence-electron chi connectivity index (χ0n) is 12.2. The molecule has 3 heterocycles. The average molecular weight is 274 g/mol. The largest absolute Gasteiger partial charge is 0.374 e. The standard InChI is InChI=1S/C15H22N4O/c1-12-14(19-6-4-3-5-15(19)17-12)10-16-9-13-11-18(2)7-8-20-13/h3-6,13,16H,7-11H2,1-2H3. The fourth-order valence-electron chi connectivity index (χ4n) is 2.72. The molecule has 0 aliphatic carbocycles. The summed E-state index contributed by atoms with van der Waals surface area (Å²) in [5, 5.41) is 3.50. The van der Waals surface area contributed by atoms with Crippen LogP contribution in [0.3, 0.4) is 0 Å². The van der Waals surface area contributed by atoms with Crippen LogP contribution < -0.4 is 5.32 Å². The number of ether oxygens (including phenoxy) is 1. The van der Waals surface area contributed by atoms with E-state index >= 15 is 0 Å². The van der Waals surface area contributed by atoms with E-state index in [9.17, 15) is 0 Å². The topological polar surface area (TPSA) is 41.8 Å². The first-order valence-electron chi connectivity index (χ1n) is 7.17. The first-order chi connectivity index (χ1) is 9.74. The number of hydrogen-bond donors (Lipinski definition) is 1. The molecule has 0 saturated carbocycles. The highest BCUT2D eigenvalue weighted by atomic mass is 16.5. The van der Waals surface area contributed by atoms with E-state index in [1.54, 1.807) is 0 Å². The Hall–Kier alpha value is -1.43. The Balaban J connectivity index is 1.61. The molecule has 1 atom stereocenters. The van der Waals surface area contributed by atoms with Gasteiger partial charge < -0.3 is 19.4 Å². The van der Waals surface area contributed by atoms with Gasteiger partial charge in [0.25, 0.3) is 0 Å². The SMILES string of the molecule is Cc1nc2ccccn2c1CNCC1CN(C)CCO1. The lowest BCUT2D eigenvalue weighted by Gasteiger charge is -2.30. The van der Waals surface area contributed by atoms with Crippen LogP contribution in [0.15, 0.2) is 24.4 Å². The summed E-state index contributed by atoms with van der Waals surface area (Å²) in [4.78, 5) is 6.89. The van der Waals surface area contributed by atoms with Gasteiger partial charge in [-0.3, -0.25) is 0 Å². The van der Waals surface area contributed by atoms with Crippen LogP contribution in [0.4, 0.5) is 0 Å². The van der Waals surface area contributed by atoms with Crippen LogP contribution in [0.2, 0.25) is 0 Å². The zero-order chi connectivity index (χ0) is 13.9. The van der Waals surface area contributed by atoms with Crippen molar-refractivity contribution in [3.8, 4) is 0 Å². The molecule has 20 heavy (non-hydrogen) atoms. The molecule has 1 aliphatic rings. The van der Waals surface area contributed by atoms with Gasteiger partial charge in [0, 0.05) is 32.4 Å². The highest BCUT2D eigenvalue weighted by molar-refractivity contribution is 5.42. The highest BCUT2D eigenvalue weighted by Crippen LogP contribution is 2.11. The second-order valence-corrected chi connectivity index (χ2v) is 5.46. The highest BCUT2D eigenvalue weighted by Gasteiger charge is 2.17. The summed E-state index contributed by atoms with van der Waals surface area (Å²) in [6, 6.07) is 6.09. The van der Waals surface area contributed by atoms with Gasteiger partial charge in [-0.25, -0.2) is 4.98 Å². The molecule has 1 saturated heterocycles. The number of likely N-dealkylation sites (N-methyl/N-ethyl adjacent to an activating group) is 1. The lowest BCUT2D eigenvalue weighted by molar-refractivity contribution is -0.0182. The molecular weight excluding hydrogens is 252 g/mol. The maximum atomic E-state index is 5.76. The smallest absolute Gasteiger partial charge is 0.137 e. The molecule has 0 amide bonds. The lowest BCUT2D eigenvalue weighted by Crippen LogP contribution is -2.44. The maximum Gasteiger partial charge on any atom is 0.137 e. The summed E-state index contributed by atoms with van der Waals surface area (Å²) < 4.78 is 7.91. The Bertz CT molecular complexity index is 580. The van der Waals surface area contributed by atoms with Crippen molar-refractivity contribution < 1.29 is 4.74 Å². The van der Waals surface area contributed by atoms with Crippen molar-refractivity contribution in [1.29, 1.82) is 0 Å². The number of morpholine rings is 1. The van der Waals surface area contributed by atoms with Gasteiger partial charge in [-0.15, -0.1) is 0 Å². The number of aryl methyl sites for hydroxylation is 1. The minimum atomic E-state index is 0.285. The molecule has 0 bridgehead atoms. The minimum absolute atomic E-state index is 0.285. The van der Waals surface area contributed by atoms with E-state index in [1.807, 2.05) is 18.2 Å². The van der Waals surface area contributed by atoms with E-state index in [1.165, 1.54) is 5.69 Å². The Morgan fingerprint density at radius 1 is 1.45 bits per heavy atom. The molecule has 0 spiro atoms. The molecule has 1 N–H and O–H groups in total. The van der Waals surface area contributed by atoms with Crippen molar-refractivity contribution in [1.82, 2.24) is 19.6 Å². The van der Waals surface area contributed by atoms with Crippen molar-refractivity contribution in [3.63, 3.8) is 0 Å². The molecule has 1 unspecified atom stereocenters. The van der Waals surface area contributed by atoms with Crippen LogP contribution in [-0.2, 0) is 11.3 Å². The average Bonchev–Trinajstić information content (AvgIpc) is 2.75. The summed E-state index contributed by atoms with van der Waals surface area (Å²) in [7, 11) is 2.14. The van der Waals surface area contributed by atoms with Crippen LogP contribution in [0, 0.1) is 6.92 Å². The molecule has 5 heteroatoms. The molecule has 0 radical (unpaired) electrons. The lowest BCUT2D eigenvalue weighted by atomic mass is 10.2. The third-order valence-corrected chi connectivity index (χ3v) is 3.84. The first-order valence-corrected chi connectivity index (χ1v) is 7.17. The fourth-order valence-corrected chi connectivity index (χ4v) is 2.72. The Morgan fingerprint density at radius 3 is 3.20 bits per heavy atom. The van der Waals surface area contributed by atoms with Gasteiger partial charge in [-0.2, -0.15) is 0 Å². The third-order valence-electron chi connectivity index (χ3n) is 3.84. The Morgan fingerprint density at radius 2 is 2.35 bits per heavy atom. The van der Waals surface area contributed by atoms with Crippen molar-refractivity contribution in [2.45, 2.75) is 19.6 Å². The molecule has 5 nitrogen and oxygen atoms in total. The number of pyridine rings is 1. The van der Waals surface area contributed by atoms with E-state index in [0.717, 1.165) is 44.1 Å². The molecular formula is C15H22N4O. The third kappa shape index (κ3) is 2.85. The maximum absolute atomic E-state index is 5.76. The molecule has 0 aromatic carbocycles. The summed E-state index contributed by atoms with van der Waals surface area (Å²) in [6.45, 7) is 6.62. The molecule has 1 aliphatic heterocycles. The Labute approximate surface area is 119 Å².